The van der Waals surface area contributed by atoms with Crippen LogP contribution in [-0.2, 0) is 11.2 Å². The highest BCUT2D eigenvalue weighted by molar-refractivity contribution is 14.0. The predicted molar refractivity (Wildman–Crippen MR) is 124 cm³/mol. The van der Waals surface area contributed by atoms with Gasteiger partial charge < -0.3 is 24.8 Å². The minimum Gasteiger partial charge on any atom is -0.450 e. The number of benzene rings is 1. The number of ether oxygens (including phenoxy) is 1. The van der Waals surface area contributed by atoms with Crippen LogP contribution in [0, 0.1) is 5.82 Å². The van der Waals surface area contributed by atoms with Gasteiger partial charge in [0.2, 0.25) is 0 Å². The van der Waals surface area contributed by atoms with E-state index >= 15 is 0 Å². The number of hydrogen-bond acceptors (Lipinski definition) is 3. The number of aliphatic imine (C=N–C) groups is 1. The average molecular weight is 517 g/mol. The fraction of sp³-hybridized carbons (Fsp3) is 0.500. The van der Waals surface area contributed by atoms with Gasteiger partial charge in [0.25, 0.3) is 0 Å². The number of piperazine rings is 1. The predicted octanol–water partition coefficient (Wildman–Crippen LogP) is 3.21. The molecule has 2 aromatic rings. The monoisotopic (exact) mass is 517 g/mol. The number of halogens is 2. The highest BCUT2D eigenvalue weighted by Crippen LogP contribution is 2.19. The van der Waals surface area contributed by atoms with Gasteiger partial charge in [0.05, 0.1) is 6.61 Å². The van der Waals surface area contributed by atoms with Crippen LogP contribution < -0.4 is 5.32 Å². The Morgan fingerprint density at radius 3 is 2.66 bits per heavy atom. The molecule has 2 N–H and O–H groups in total. The zero-order valence-electron chi connectivity index (χ0n) is 16.9. The number of hydrogen-bond donors (Lipinski definition) is 2. The third-order valence-electron chi connectivity index (χ3n) is 4.81. The lowest BCUT2D eigenvalue weighted by atomic mass is 10.1. The summed E-state index contributed by atoms with van der Waals surface area (Å²) in [6, 6.07) is 4.77. The van der Waals surface area contributed by atoms with Crippen LogP contribution in [-0.4, -0.2) is 72.7 Å². The summed E-state index contributed by atoms with van der Waals surface area (Å²) in [6.45, 7) is 8.26. The van der Waals surface area contributed by atoms with Crippen molar-refractivity contribution < 1.29 is 13.9 Å². The molecule has 0 aliphatic carbocycles. The second-order valence-corrected chi connectivity index (χ2v) is 6.66. The van der Waals surface area contributed by atoms with E-state index in [2.05, 4.69) is 15.2 Å². The first-order chi connectivity index (χ1) is 13.6. The van der Waals surface area contributed by atoms with E-state index in [-0.39, 0.29) is 35.9 Å². The molecule has 0 saturated carbocycles. The molecule has 1 aliphatic heterocycles. The van der Waals surface area contributed by atoms with E-state index in [1.165, 1.54) is 6.07 Å². The number of fused-ring (bicyclic) bond motifs is 1. The molecule has 0 atom stereocenters. The molecular formula is C20H29FIN5O2. The standard InChI is InChI=1S/C20H28FN5O2.HI/c1-3-22-19(25-9-11-26(12-10-25)20(27)28-4-2)23-8-7-15-14-24-18-6-5-16(21)13-17(15)18;/h5-6,13-14,24H,3-4,7-12H2,1-2H3,(H,22,23);1H. The van der Waals surface area contributed by atoms with Crippen molar-refractivity contribution in [2.45, 2.75) is 20.3 Å². The zero-order chi connectivity index (χ0) is 19.9. The van der Waals surface area contributed by atoms with E-state index in [0.29, 0.717) is 39.3 Å². The lowest BCUT2D eigenvalue weighted by Gasteiger charge is -2.35. The van der Waals surface area contributed by atoms with Crippen LogP contribution in [0.1, 0.15) is 19.4 Å². The van der Waals surface area contributed by atoms with Crippen molar-refractivity contribution in [1.29, 1.82) is 0 Å². The Morgan fingerprint density at radius 2 is 1.97 bits per heavy atom. The van der Waals surface area contributed by atoms with Gasteiger partial charge in [-0.3, -0.25) is 4.99 Å². The SMILES string of the molecule is CCNC(=NCCc1c[nH]c2ccc(F)cc12)N1CCN(C(=O)OCC)CC1.I. The summed E-state index contributed by atoms with van der Waals surface area (Å²) < 4.78 is 18.6. The van der Waals surface area contributed by atoms with Crippen molar-refractivity contribution in [1.82, 2.24) is 20.1 Å². The maximum Gasteiger partial charge on any atom is 0.409 e. The van der Waals surface area contributed by atoms with Crippen molar-refractivity contribution in [2.24, 2.45) is 4.99 Å². The summed E-state index contributed by atoms with van der Waals surface area (Å²) in [4.78, 5) is 23.6. The molecule has 1 aliphatic rings. The number of carbonyl (C=O) groups is 1. The van der Waals surface area contributed by atoms with E-state index in [1.807, 2.05) is 20.0 Å². The number of nitrogens with zero attached hydrogens (tertiary/aromatic N) is 3. The van der Waals surface area contributed by atoms with Gasteiger partial charge in [0.15, 0.2) is 5.96 Å². The first-order valence-corrected chi connectivity index (χ1v) is 9.82. The molecule has 1 aromatic heterocycles. The maximum atomic E-state index is 13.5. The van der Waals surface area contributed by atoms with Crippen molar-refractivity contribution in [3.05, 3.63) is 35.8 Å². The van der Waals surface area contributed by atoms with E-state index < -0.39 is 0 Å². The molecule has 1 saturated heterocycles. The van der Waals surface area contributed by atoms with Gasteiger partial charge in [-0.2, -0.15) is 0 Å². The molecule has 0 spiro atoms. The van der Waals surface area contributed by atoms with Crippen molar-refractivity contribution in [2.75, 3.05) is 45.9 Å². The van der Waals surface area contributed by atoms with E-state index in [4.69, 9.17) is 9.73 Å². The molecule has 1 fully saturated rings. The second-order valence-electron chi connectivity index (χ2n) is 6.66. The van der Waals surface area contributed by atoms with Crippen LogP contribution in [0.4, 0.5) is 9.18 Å². The van der Waals surface area contributed by atoms with E-state index in [1.54, 1.807) is 17.0 Å². The summed E-state index contributed by atoms with van der Waals surface area (Å²) >= 11 is 0. The van der Waals surface area contributed by atoms with E-state index in [9.17, 15) is 9.18 Å². The van der Waals surface area contributed by atoms with Crippen LogP contribution in [0.2, 0.25) is 0 Å². The lowest BCUT2D eigenvalue weighted by molar-refractivity contribution is 0.0914. The summed E-state index contributed by atoms with van der Waals surface area (Å²) in [5.74, 6) is 0.613. The fourth-order valence-corrected chi connectivity index (χ4v) is 3.38. The number of H-pyrrole nitrogens is 1. The maximum absolute atomic E-state index is 13.5. The molecule has 7 nitrogen and oxygen atoms in total. The molecule has 1 aromatic carbocycles. The molecule has 3 rings (SSSR count). The molecule has 0 unspecified atom stereocenters. The van der Waals surface area contributed by atoms with Crippen LogP contribution >= 0.6 is 24.0 Å². The Morgan fingerprint density at radius 1 is 1.24 bits per heavy atom. The zero-order valence-corrected chi connectivity index (χ0v) is 19.2. The highest BCUT2D eigenvalue weighted by atomic mass is 127. The van der Waals surface area contributed by atoms with Gasteiger partial charge in [0, 0.05) is 56.4 Å². The third-order valence-corrected chi connectivity index (χ3v) is 4.81. The van der Waals surface area contributed by atoms with Gasteiger partial charge in [-0.05, 0) is 44.0 Å². The topological polar surface area (TPSA) is 73.0 Å². The van der Waals surface area contributed by atoms with Crippen LogP contribution in [0.15, 0.2) is 29.4 Å². The molecule has 1 amide bonds. The summed E-state index contributed by atoms with van der Waals surface area (Å²) in [5, 5.41) is 4.23. The Hall–Kier alpha value is -2.04. The minimum atomic E-state index is -0.254. The first-order valence-electron chi connectivity index (χ1n) is 9.82. The fourth-order valence-electron chi connectivity index (χ4n) is 3.38. The Kier molecular flexibility index (Phi) is 8.99. The normalized spacial score (nSPS) is 14.7. The number of carbonyl (C=O) groups excluding carboxylic acids is 1. The largest absolute Gasteiger partial charge is 0.450 e. The smallest absolute Gasteiger partial charge is 0.409 e. The number of guanidine groups is 1. The molecule has 0 radical (unpaired) electrons. The second kappa shape index (κ2) is 11.2. The van der Waals surface area contributed by atoms with Crippen molar-refractivity contribution >= 4 is 46.9 Å². The Balaban J connectivity index is 0.00000300. The first kappa shape index (κ1) is 23.2. The lowest BCUT2D eigenvalue weighted by Crippen LogP contribution is -2.54. The van der Waals surface area contributed by atoms with Gasteiger partial charge in [0.1, 0.15) is 5.82 Å². The van der Waals surface area contributed by atoms with Gasteiger partial charge in [-0.25, -0.2) is 9.18 Å². The van der Waals surface area contributed by atoms with Gasteiger partial charge in [-0.1, -0.05) is 0 Å². The molecule has 2 heterocycles. The Labute approximate surface area is 187 Å². The number of rotatable bonds is 5. The third kappa shape index (κ3) is 5.97. The number of nitrogens with one attached hydrogen (secondary N) is 2. The minimum absolute atomic E-state index is 0. The summed E-state index contributed by atoms with van der Waals surface area (Å²) in [7, 11) is 0. The van der Waals surface area contributed by atoms with Gasteiger partial charge >= 0.3 is 6.09 Å². The van der Waals surface area contributed by atoms with Crippen LogP contribution in [0.25, 0.3) is 10.9 Å². The van der Waals surface area contributed by atoms with Crippen molar-refractivity contribution in [3.8, 4) is 0 Å². The average Bonchev–Trinajstić information content (AvgIpc) is 3.10. The quantitative estimate of drug-likeness (QED) is 0.363. The summed E-state index contributed by atoms with van der Waals surface area (Å²) in [6.07, 6.45) is 2.39. The molecule has 160 valence electrons. The molecule has 29 heavy (non-hydrogen) atoms. The number of aromatic amines is 1. The molecule has 9 heteroatoms. The molecular weight excluding hydrogens is 488 g/mol. The molecule has 0 bridgehead atoms. The van der Waals surface area contributed by atoms with E-state index in [0.717, 1.165) is 35.4 Å². The number of aromatic nitrogens is 1. The highest BCUT2D eigenvalue weighted by Gasteiger charge is 2.23. The van der Waals surface area contributed by atoms with Crippen molar-refractivity contribution in [3.63, 3.8) is 0 Å². The number of amides is 1. The summed E-state index contributed by atoms with van der Waals surface area (Å²) in [5.41, 5.74) is 1.99. The van der Waals surface area contributed by atoms with Crippen LogP contribution in [0.3, 0.4) is 0 Å². The Bertz CT molecular complexity index is 833. The van der Waals surface area contributed by atoms with Gasteiger partial charge in [-0.15, -0.1) is 24.0 Å². The van der Waals surface area contributed by atoms with Crippen LogP contribution in [0.5, 0.6) is 0 Å².